The highest BCUT2D eigenvalue weighted by atomic mass is 16.8. The lowest BCUT2D eigenvalue weighted by molar-refractivity contribution is -0.991. The minimum Gasteiger partial charge on any atom is -0.595 e. The van der Waals surface area contributed by atoms with Gasteiger partial charge in [0.15, 0.2) is 5.69 Å². The van der Waals surface area contributed by atoms with Crippen LogP contribution in [0.15, 0.2) is 57.9 Å². The van der Waals surface area contributed by atoms with E-state index in [1.807, 2.05) is 0 Å². The maximum absolute atomic E-state index is 12.5. The quantitative estimate of drug-likeness (QED) is 0.422. The van der Waals surface area contributed by atoms with Gasteiger partial charge in [0.05, 0.1) is 5.39 Å². The van der Waals surface area contributed by atoms with Crippen LogP contribution in [0, 0.1) is 5.21 Å². The van der Waals surface area contributed by atoms with Gasteiger partial charge in [0.1, 0.15) is 23.3 Å². The van der Waals surface area contributed by atoms with Crippen molar-refractivity contribution in [1.82, 2.24) is 0 Å². The minimum atomic E-state index is -1.06. The summed E-state index contributed by atoms with van der Waals surface area (Å²) in [5.41, 5.74) is -0.0499. The number of benzene rings is 2. The van der Waals surface area contributed by atoms with Gasteiger partial charge < -0.3 is 19.1 Å². The SMILES string of the molecule is CC(=O)Oc1ccc2c(=O)c(Oc3ccc([NH+]([O-])O)cc3)coc2c1. The highest BCUT2D eigenvalue weighted by Gasteiger charge is 2.11. The fourth-order valence-electron chi connectivity index (χ4n) is 2.18. The lowest BCUT2D eigenvalue weighted by Crippen LogP contribution is -2.99. The van der Waals surface area contributed by atoms with Crippen LogP contribution < -0.4 is 20.1 Å². The van der Waals surface area contributed by atoms with E-state index in [0.717, 1.165) is 6.26 Å². The summed E-state index contributed by atoms with van der Waals surface area (Å²) >= 11 is 0. The van der Waals surface area contributed by atoms with Crippen LogP contribution in [0.3, 0.4) is 0 Å². The summed E-state index contributed by atoms with van der Waals surface area (Å²) in [5.74, 6) is 0.0385. The molecule has 1 unspecified atom stereocenters. The molecule has 0 radical (unpaired) electrons. The third kappa shape index (κ3) is 3.66. The number of carbonyl (C=O) groups is 1. The van der Waals surface area contributed by atoms with Crippen LogP contribution >= 0.6 is 0 Å². The zero-order valence-corrected chi connectivity index (χ0v) is 13.0. The predicted octanol–water partition coefficient (Wildman–Crippen LogP) is 1.91. The van der Waals surface area contributed by atoms with E-state index in [2.05, 4.69) is 0 Å². The van der Waals surface area contributed by atoms with Crippen LogP contribution in [0.25, 0.3) is 11.0 Å². The average Bonchev–Trinajstić information content (AvgIpc) is 2.57. The maximum atomic E-state index is 12.5. The molecule has 3 aromatic rings. The molecular formula is C17H13NO7. The van der Waals surface area contributed by atoms with Gasteiger partial charge in [0.2, 0.25) is 11.2 Å². The Labute approximate surface area is 141 Å². The van der Waals surface area contributed by atoms with Gasteiger partial charge in [-0.1, -0.05) is 0 Å². The van der Waals surface area contributed by atoms with Gasteiger partial charge in [-0.2, -0.15) is 5.23 Å². The second-order valence-electron chi connectivity index (χ2n) is 5.11. The number of nitrogens with one attached hydrogen (secondary N) is 1. The molecule has 1 heterocycles. The highest BCUT2D eigenvalue weighted by Crippen LogP contribution is 2.24. The van der Waals surface area contributed by atoms with Gasteiger partial charge in [0, 0.05) is 25.1 Å². The Hall–Kier alpha value is -3.20. The number of ether oxygens (including phenoxy) is 2. The molecule has 1 aromatic heterocycles. The number of esters is 1. The van der Waals surface area contributed by atoms with Gasteiger partial charge in [-0.3, -0.25) is 9.59 Å². The summed E-state index contributed by atoms with van der Waals surface area (Å²) in [6, 6.07) is 10.0. The molecule has 128 valence electrons. The van der Waals surface area contributed by atoms with Crippen molar-refractivity contribution in [3.8, 4) is 17.2 Å². The van der Waals surface area contributed by atoms with Crippen molar-refractivity contribution in [2.75, 3.05) is 0 Å². The number of rotatable bonds is 4. The van der Waals surface area contributed by atoms with E-state index in [1.165, 1.54) is 49.4 Å². The van der Waals surface area contributed by atoms with E-state index < -0.39 is 16.6 Å². The molecular weight excluding hydrogens is 330 g/mol. The van der Waals surface area contributed by atoms with Crippen LogP contribution in [0.5, 0.6) is 17.2 Å². The van der Waals surface area contributed by atoms with Crippen molar-refractivity contribution >= 4 is 22.6 Å². The summed E-state index contributed by atoms with van der Waals surface area (Å²) in [4.78, 5) is 23.4. The molecule has 0 fully saturated rings. The van der Waals surface area contributed by atoms with Crippen LogP contribution in [-0.2, 0) is 4.79 Å². The molecule has 8 nitrogen and oxygen atoms in total. The van der Waals surface area contributed by atoms with Crippen molar-refractivity contribution in [3.05, 3.63) is 64.2 Å². The van der Waals surface area contributed by atoms with Gasteiger partial charge in [0.25, 0.3) is 0 Å². The Balaban J connectivity index is 1.91. The van der Waals surface area contributed by atoms with Crippen molar-refractivity contribution in [2.24, 2.45) is 0 Å². The first-order valence-corrected chi connectivity index (χ1v) is 7.19. The van der Waals surface area contributed by atoms with E-state index in [1.54, 1.807) is 0 Å². The zero-order valence-electron chi connectivity index (χ0n) is 13.0. The minimum absolute atomic E-state index is 0.0455. The number of quaternary nitrogens is 1. The molecule has 0 aliphatic rings. The Morgan fingerprint density at radius 1 is 1.16 bits per heavy atom. The Kier molecular flexibility index (Phi) is 4.48. The Morgan fingerprint density at radius 2 is 1.84 bits per heavy atom. The molecule has 2 aromatic carbocycles. The number of fused-ring (bicyclic) bond motifs is 1. The molecule has 0 spiro atoms. The molecule has 25 heavy (non-hydrogen) atoms. The second-order valence-corrected chi connectivity index (χ2v) is 5.11. The fraction of sp³-hybridized carbons (Fsp3) is 0.0588. The van der Waals surface area contributed by atoms with Crippen molar-refractivity contribution in [3.63, 3.8) is 0 Å². The molecule has 8 heteroatoms. The highest BCUT2D eigenvalue weighted by molar-refractivity contribution is 5.80. The molecule has 3 rings (SSSR count). The zero-order chi connectivity index (χ0) is 18.0. The average molecular weight is 343 g/mol. The van der Waals surface area contributed by atoms with Crippen molar-refractivity contribution < 1.29 is 29.1 Å². The molecule has 1 atom stereocenters. The summed E-state index contributed by atoms with van der Waals surface area (Å²) in [6.45, 7) is 1.27. The molecule has 0 amide bonds. The van der Waals surface area contributed by atoms with Crippen molar-refractivity contribution in [1.29, 1.82) is 0 Å². The number of carbonyl (C=O) groups excluding carboxylic acids is 1. The molecule has 0 saturated heterocycles. The first-order valence-electron chi connectivity index (χ1n) is 7.19. The topological polar surface area (TPSA) is 113 Å². The standard InChI is InChI=1S/C17H13NO7/c1-10(19)24-13-6-7-14-15(8-13)23-9-16(17(14)20)25-12-4-2-11(3-5-12)18(21)22/h2-9,18,21H,1H3. The van der Waals surface area contributed by atoms with Crippen LogP contribution in [0.4, 0.5) is 5.69 Å². The molecule has 0 bridgehead atoms. The lowest BCUT2D eigenvalue weighted by atomic mass is 10.2. The fourth-order valence-corrected chi connectivity index (χ4v) is 2.18. The summed E-state index contributed by atoms with van der Waals surface area (Å²) in [6.07, 6.45) is 1.15. The molecule has 2 N–H and O–H groups in total. The van der Waals surface area contributed by atoms with Gasteiger partial charge in [-0.25, -0.2) is 5.21 Å². The van der Waals surface area contributed by atoms with Gasteiger partial charge in [-0.05, 0) is 24.3 Å². The normalized spacial score (nSPS) is 12.0. The first kappa shape index (κ1) is 16.7. The van der Waals surface area contributed by atoms with E-state index >= 15 is 0 Å². The number of hydrogen-bond donors (Lipinski definition) is 2. The van der Waals surface area contributed by atoms with Crippen molar-refractivity contribution in [2.45, 2.75) is 6.92 Å². The van der Waals surface area contributed by atoms with E-state index in [0.29, 0.717) is 5.75 Å². The first-order chi connectivity index (χ1) is 11.9. The van der Waals surface area contributed by atoms with E-state index in [-0.39, 0.29) is 28.2 Å². The van der Waals surface area contributed by atoms with Crippen LogP contribution in [0.1, 0.15) is 6.92 Å². The van der Waals surface area contributed by atoms with E-state index in [4.69, 9.17) is 19.1 Å². The Bertz CT molecular complexity index is 976. The number of hydrogen-bond acceptors (Lipinski definition) is 7. The third-order valence-corrected chi connectivity index (χ3v) is 3.31. The smallest absolute Gasteiger partial charge is 0.308 e. The summed E-state index contributed by atoms with van der Waals surface area (Å²) in [5, 5.41) is 18.9. The second kappa shape index (κ2) is 6.73. The van der Waals surface area contributed by atoms with Crippen LogP contribution in [0.2, 0.25) is 0 Å². The lowest BCUT2D eigenvalue weighted by Gasteiger charge is -2.11. The largest absolute Gasteiger partial charge is 0.595 e. The Morgan fingerprint density at radius 3 is 2.48 bits per heavy atom. The maximum Gasteiger partial charge on any atom is 0.308 e. The summed E-state index contributed by atoms with van der Waals surface area (Å²) < 4.78 is 15.8. The molecule has 0 aliphatic heterocycles. The van der Waals surface area contributed by atoms with Crippen LogP contribution in [-0.4, -0.2) is 11.2 Å². The van der Waals surface area contributed by atoms with Gasteiger partial charge >= 0.3 is 5.97 Å². The predicted molar refractivity (Wildman–Crippen MR) is 86.1 cm³/mol. The van der Waals surface area contributed by atoms with Gasteiger partial charge in [-0.15, -0.1) is 0 Å². The summed E-state index contributed by atoms with van der Waals surface area (Å²) in [7, 11) is 0. The third-order valence-electron chi connectivity index (χ3n) is 3.31. The van der Waals surface area contributed by atoms with E-state index in [9.17, 15) is 14.8 Å². The molecule has 0 aliphatic carbocycles. The monoisotopic (exact) mass is 343 g/mol. The molecule has 0 saturated carbocycles.